The Morgan fingerprint density at radius 3 is 2.77 bits per heavy atom. The summed E-state index contributed by atoms with van der Waals surface area (Å²) in [5.74, 6) is -3.30. The summed E-state index contributed by atoms with van der Waals surface area (Å²) in [4.78, 5) is 12.2. The summed E-state index contributed by atoms with van der Waals surface area (Å²) in [6.45, 7) is 1.44. The summed E-state index contributed by atoms with van der Waals surface area (Å²) in [5.41, 5.74) is 5.10. The lowest BCUT2D eigenvalue weighted by Crippen LogP contribution is -2.50. The number of likely N-dealkylation sites (tertiary alicyclic amines) is 1. The number of amides is 1. The molecule has 0 saturated carbocycles. The molecule has 2 N–H and O–H groups in total. The van der Waals surface area contributed by atoms with Crippen LogP contribution in [-0.4, -0.2) is 36.4 Å². The molecule has 1 saturated heterocycles. The lowest BCUT2D eigenvalue weighted by molar-refractivity contribution is -0.143. The standard InChI is InChI=1S/C8H14F2N2O/c1-6-2-8(9,10)5-12(4-6)7(13)3-11/h6H,2-5,11H2,1H3. The van der Waals surface area contributed by atoms with Crippen LogP contribution in [0.3, 0.4) is 0 Å². The topological polar surface area (TPSA) is 46.3 Å². The average Bonchev–Trinajstić information content (AvgIpc) is 1.99. The Kier molecular flexibility index (Phi) is 2.85. The summed E-state index contributed by atoms with van der Waals surface area (Å²) in [6.07, 6.45) is -0.138. The minimum atomic E-state index is -2.75. The van der Waals surface area contributed by atoms with Crippen LogP contribution in [0.2, 0.25) is 0 Å². The molecule has 0 aliphatic carbocycles. The highest BCUT2D eigenvalue weighted by atomic mass is 19.3. The van der Waals surface area contributed by atoms with E-state index in [-0.39, 0.29) is 18.9 Å². The molecule has 5 heteroatoms. The van der Waals surface area contributed by atoms with Crippen molar-refractivity contribution in [3.8, 4) is 0 Å². The Morgan fingerprint density at radius 1 is 1.69 bits per heavy atom. The maximum atomic E-state index is 13.0. The summed E-state index contributed by atoms with van der Waals surface area (Å²) in [7, 11) is 0. The monoisotopic (exact) mass is 192 g/mol. The van der Waals surface area contributed by atoms with Gasteiger partial charge in [0, 0.05) is 13.0 Å². The molecule has 0 spiro atoms. The third-order valence-electron chi connectivity index (χ3n) is 2.13. The van der Waals surface area contributed by atoms with Gasteiger partial charge in [0.1, 0.15) is 0 Å². The molecule has 13 heavy (non-hydrogen) atoms. The van der Waals surface area contributed by atoms with Crippen molar-refractivity contribution in [1.29, 1.82) is 0 Å². The molecular formula is C8H14F2N2O. The zero-order chi connectivity index (χ0) is 10.1. The van der Waals surface area contributed by atoms with Gasteiger partial charge in [-0.05, 0) is 5.92 Å². The Hall–Kier alpha value is -0.710. The molecule has 1 atom stereocenters. The van der Waals surface area contributed by atoms with Gasteiger partial charge in [-0.1, -0.05) is 6.92 Å². The van der Waals surface area contributed by atoms with Crippen molar-refractivity contribution in [3.05, 3.63) is 0 Å². The fourth-order valence-corrected chi connectivity index (χ4v) is 1.68. The molecule has 1 aliphatic heterocycles. The van der Waals surface area contributed by atoms with Crippen LogP contribution in [0, 0.1) is 5.92 Å². The SMILES string of the molecule is CC1CN(C(=O)CN)CC(F)(F)C1. The predicted octanol–water partition coefficient (Wildman–Crippen LogP) is 0.449. The maximum absolute atomic E-state index is 13.0. The van der Waals surface area contributed by atoms with Crippen LogP contribution < -0.4 is 5.73 Å². The summed E-state index contributed by atoms with van der Waals surface area (Å²) in [6, 6.07) is 0. The number of rotatable bonds is 1. The smallest absolute Gasteiger partial charge is 0.265 e. The van der Waals surface area contributed by atoms with E-state index in [1.54, 1.807) is 6.92 Å². The van der Waals surface area contributed by atoms with Crippen LogP contribution in [-0.2, 0) is 4.79 Å². The molecule has 76 valence electrons. The molecule has 1 unspecified atom stereocenters. The second kappa shape index (κ2) is 3.57. The zero-order valence-electron chi connectivity index (χ0n) is 7.59. The Labute approximate surface area is 75.9 Å². The van der Waals surface area contributed by atoms with E-state index in [4.69, 9.17) is 5.73 Å². The number of hydrogen-bond acceptors (Lipinski definition) is 2. The Balaban J connectivity index is 2.62. The fourth-order valence-electron chi connectivity index (χ4n) is 1.68. The molecule has 1 aliphatic rings. The minimum Gasteiger partial charge on any atom is -0.335 e. The van der Waals surface area contributed by atoms with E-state index in [2.05, 4.69) is 0 Å². The number of alkyl halides is 2. The van der Waals surface area contributed by atoms with E-state index in [1.165, 1.54) is 0 Å². The van der Waals surface area contributed by atoms with E-state index in [0.29, 0.717) is 6.54 Å². The van der Waals surface area contributed by atoms with Gasteiger partial charge in [-0.15, -0.1) is 0 Å². The van der Waals surface area contributed by atoms with Crippen molar-refractivity contribution in [2.75, 3.05) is 19.6 Å². The molecule has 1 fully saturated rings. The summed E-state index contributed by atoms with van der Waals surface area (Å²) in [5, 5.41) is 0. The Bertz CT molecular complexity index is 208. The van der Waals surface area contributed by atoms with Crippen LogP contribution in [0.4, 0.5) is 8.78 Å². The number of carbonyl (C=O) groups excluding carboxylic acids is 1. The van der Waals surface area contributed by atoms with Gasteiger partial charge < -0.3 is 10.6 Å². The zero-order valence-corrected chi connectivity index (χ0v) is 7.59. The highest BCUT2D eigenvalue weighted by Gasteiger charge is 2.39. The predicted molar refractivity (Wildman–Crippen MR) is 44.4 cm³/mol. The van der Waals surface area contributed by atoms with E-state index >= 15 is 0 Å². The van der Waals surface area contributed by atoms with Crippen molar-refractivity contribution >= 4 is 5.91 Å². The maximum Gasteiger partial charge on any atom is 0.265 e. The number of piperidine rings is 1. The highest BCUT2D eigenvalue weighted by molar-refractivity contribution is 5.78. The van der Waals surface area contributed by atoms with Crippen molar-refractivity contribution < 1.29 is 13.6 Å². The molecule has 0 aromatic carbocycles. The highest BCUT2D eigenvalue weighted by Crippen LogP contribution is 2.29. The first kappa shape index (κ1) is 10.4. The normalized spacial score (nSPS) is 27.4. The fraction of sp³-hybridized carbons (Fsp3) is 0.875. The number of nitrogens with two attached hydrogens (primary N) is 1. The lowest BCUT2D eigenvalue weighted by Gasteiger charge is -2.35. The van der Waals surface area contributed by atoms with Crippen molar-refractivity contribution in [3.63, 3.8) is 0 Å². The second-order valence-electron chi connectivity index (χ2n) is 3.64. The first-order chi connectivity index (χ1) is 5.94. The van der Waals surface area contributed by atoms with Gasteiger partial charge in [-0.25, -0.2) is 8.78 Å². The van der Waals surface area contributed by atoms with Crippen molar-refractivity contribution in [2.45, 2.75) is 19.3 Å². The first-order valence-corrected chi connectivity index (χ1v) is 4.30. The van der Waals surface area contributed by atoms with Crippen molar-refractivity contribution in [1.82, 2.24) is 4.90 Å². The number of halogens is 2. The first-order valence-electron chi connectivity index (χ1n) is 4.30. The molecule has 1 amide bonds. The van der Waals surface area contributed by atoms with Gasteiger partial charge in [0.05, 0.1) is 13.1 Å². The third kappa shape index (κ3) is 2.62. The van der Waals surface area contributed by atoms with Crippen LogP contribution in [0.15, 0.2) is 0 Å². The van der Waals surface area contributed by atoms with E-state index in [0.717, 1.165) is 4.90 Å². The van der Waals surface area contributed by atoms with Gasteiger partial charge in [-0.2, -0.15) is 0 Å². The van der Waals surface area contributed by atoms with E-state index in [1.807, 2.05) is 0 Å². The molecule has 1 heterocycles. The minimum absolute atomic E-state index is 0.138. The van der Waals surface area contributed by atoms with Gasteiger partial charge in [0.2, 0.25) is 5.91 Å². The van der Waals surface area contributed by atoms with Gasteiger partial charge in [0.15, 0.2) is 0 Å². The number of nitrogens with zero attached hydrogens (tertiary/aromatic N) is 1. The molecule has 0 aromatic heterocycles. The molecule has 0 bridgehead atoms. The second-order valence-corrected chi connectivity index (χ2v) is 3.64. The lowest BCUT2D eigenvalue weighted by atomic mass is 9.97. The third-order valence-corrected chi connectivity index (χ3v) is 2.13. The van der Waals surface area contributed by atoms with Gasteiger partial charge in [0.25, 0.3) is 5.92 Å². The molecular weight excluding hydrogens is 178 g/mol. The average molecular weight is 192 g/mol. The summed E-state index contributed by atoms with van der Waals surface area (Å²) < 4.78 is 25.9. The molecule has 3 nitrogen and oxygen atoms in total. The Morgan fingerprint density at radius 2 is 2.31 bits per heavy atom. The number of carbonyl (C=O) groups is 1. The van der Waals surface area contributed by atoms with Gasteiger partial charge in [-0.3, -0.25) is 4.79 Å². The van der Waals surface area contributed by atoms with Crippen LogP contribution >= 0.6 is 0 Å². The van der Waals surface area contributed by atoms with Crippen molar-refractivity contribution in [2.24, 2.45) is 11.7 Å². The molecule has 1 rings (SSSR count). The summed E-state index contributed by atoms with van der Waals surface area (Å²) >= 11 is 0. The quantitative estimate of drug-likeness (QED) is 0.655. The van der Waals surface area contributed by atoms with Gasteiger partial charge >= 0.3 is 0 Å². The largest absolute Gasteiger partial charge is 0.335 e. The molecule has 0 radical (unpaired) electrons. The van der Waals surface area contributed by atoms with Crippen LogP contribution in [0.25, 0.3) is 0 Å². The van der Waals surface area contributed by atoms with E-state index < -0.39 is 18.4 Å². The van der Waals surface area contributed by atoms with Crippen LogP contribution in [0.5, 0.6) is 0 Å². The number of hydrogen-bond donors (Lipinski definition) is 1. The molecule has 0 aromatic rings. The van der Waals surface area contributed by atoms with E-state index in [9.17, 15) is 13.6 Å². The van der Waals surface area contributed by atoms with Crippen LogP contribution in [0.1, 0.15) is 13.3 Å².